The fourth-order valence-electron chi connectivity index (χ4n) is 1.54. The van der Waals surface area contributed by atoms with Crippen LogP contribution in [0.25, 0.3) is 0 Å². The second-order valence-corrected chi connectivity index (χ2v) is 5.16. The van der Waals surface area contributed by atoms with Crippen LogP contribution in [0.5, 0.6) is 5.75 Å². The fourth-order valence-corrected chi connectivity index (χ4v) is 1.92. The van der Waals surface area contributed by atoms with Gasteiger partial charge in [0.25, 0.3) is 0 Å². The van der Waals surface area contributed by atoms with Crippen LogP contribution in [0.1, 0.15) is 13.3 Å². The van der Waals surface area contributed by atoms with Gasteiger partial charge in [0, 0.05) is 4.47 Å². The SMILES string of the molecule is CC[C@H](CO)[NH2+]C[C@@H](O)COc1cccc(Br)c1. The van der Waals surface area contributed by atoms with Crippen LogP contribution in [0.2, 0.25) is 0 Å². The summed E-state index contributed by atoms with van der Waals surface area (Å²) in [6, 6.07) is 7.68. The van der Waals surface area contributed by atoms with E-state index in [9.17, 15) is 5.11 Å². The van der Waals surface area contributed by atoms with Crippen LogP contribution < -0.4 is 10.1 Å². The Morgan fingerprint density at radius 2 is 2.22 bits per heavy atom. The van der Waals surface area contributed by atoms with Crippen molar-refractivity contribution in [3.05, 3.63) is 28.7 Å². The van der Waals surface area contributed by atoms with Crippen molar-refractivity contribution < 1.29 is 20.3 Å². The molecule has 2 atom stereocenters. The first-order chi connectivity index (χ1) is 8.65. The minimum absolute atomic E-state index is 0.135. The van der Waals surface area contributed by atoms with Gasteiger partial charge in [-0.1, -0.05) is 28.9 Å². The molecular weight excluding hydrogens is 298 g/mol. The maximum Gasteiger partial charge on any atom is 0.137 e. The number of ether oxygens (including phenoxy) is 1. The Morgan fingerprint density at radius 3 is 2.83 bits per heavy atom. The second kappa shape index (κ2) is 8.48. The molecule has 0 aromatic heterocycles. The molecule has 0 fully saturated rings. The summed E-state index contributed by atoms with van der Waals surface area (Å²) >= 11 is 3.36. The van der Waals surface area contributed by atoms with E-state index in [0.717, 1.165) is 16.6 Å². The van der Waals surface area contributed by atoms with Gasteiger partial charge < -0.3 is 20.3 Å². The van der Waals surface area contributed by atoms with Crippen LogP contribution in [-0.2, 0) is 0 Å². The van der Waals surface area contributed by atoms with Crippen molar-refractivity contribution in [3.63, 3.8) is 0 Å². The quantitative estimate of drug-likeness (QED) is 0.655. The highest BCUT2D eigenvalue weighted by atomic mass is 79.9. The third-order valence-electron chi connectivity index (χ3n) is 2.74. The van der Waals surface area contributed by atoms with Crippen LogP contribution in [-0.4, -0.2) is 42.1 Å². The van der Waals surface area contributed by atoms with E-state index in [-0.39, 0.29) is 19.3 Å². The monoisotopic (exact) mass is 318 g/mol. The molecule has 0 aliphatic carbocycles. The Morgan fingerprint density at radius 1 is 1.44 bits per heavy atom. The number of halogens is 1. The van der Waals surface area contributed by atoms with Crippen LogP contribution in [0.15, 0.2) is 28.7 Å². The van der Waals surface area contributed by atoms with Gasteiger partial charge in [-0.3, -0.25) is 0 Å². The molecule has 0 saturated heterocycles. The molecule has 4 N–H and O–H groups in total. The summed E-state index contributed by atoms with van der Waals surface area (Å²) in [6.07, 6.45) is 0.347. The number of aliphatic hydroxyl groups excluding tert-OH is 2. The Bertz CT molecular complexity index is 345. The van der Waals surface area contributed by atoms with Crippen molar-refractivity contribution >= 4 is 15.9 Å². The first kappa shape index (κ1) is 15.4. The molecule has 5 heteroatoms. The number of hydrogen-bond acceptors (Lipinski definition) is 3. The van der Waals surface area contributed by atoms with Gasteiger partial charge in [0.05, 0.1) is 6.61 Å². The molecule has 0 aliphatic heterocycles. The first-order valence-corrected chi connectivity index (χ1v) is 6.95. The number of hydrogen-bond donors (Lipinski definition) is 3. The van der Waals surface area contributed by atoms with Gasteiger partial charge in [-0.2, -0.15) is 0 Å². The lowest BCUT2D eigenvalue weighted by atomic mass is 10.2. The molecule has 0 radical (unpaired) electrons. The highest BCUT2D eigenvalue weighted by Gasteiger charge is 2.12. The molecule has 0 saturated carbocycles. The number of benzene rings is 1. The third kappa shape index (κ3) is 5.82. The van der Waals surface area contributed by atoms with Crippen molar-refractivity contribution in [2.24, 2.45) is 0 Å². The average Bonchev–Trinajstić information content (AvgIpc) is 2.37. The van der Waals surface area contributed by atoms with Gasteiger partial charge in [-0.25, -0.2) is 0 Å². The summed E-state index contributed by atoms with van der Waals surface area (Å²) in [7, 11) is 0. The molecule has 0 spiro atoms. The maximum atomic E-state index is 9.77. The van der Waals surface area contributed by atoms with Crippen LogP contribution in [0, 0.1) is 0 Å². The first-order valence-electron chi connectivity index (χ1n) is 6.16. The summed E-state index contributed by atoms with van der Waals surface area (Å²) in [6.45, 7) is 2.94. The molecule has 1 aromatic rings. The van der Waals surface area contributed by atoms with Crippen molar-refractivity contribution in [2.45, 2.75) is 25.5 Å². The molecule has 18 heavy (non-hydrogen) atoms. The van der Waals surface area contributed by atoms with E-state index >= 15 is 0 Å². The highest BCUT2D eigenvalue weighted by Crippen LogP contribution is 2.17. The van der Waals surface area contributed by atoms with Crippen LogP contribution >= 0.6 is 15.9 Å². The number of rotatable bonds is 8. The summed E-state index contributed by atoms with van der Waals surface area (Å²) < 4.78 is 6.44. The Kier molecular flexibility index (Phi) is 7.27. The fraction of sp³-hybridized carbons (Fsp3) is 0.538. The van der Waals surface area contributed by atoms with Crippen molar-refractivity contribution in [3.8, 4) is 5.75 Å². The molecule has 0 heterocycles. The standard InChI is InChI=1S/C13H20BrNO3/c1-2-11(8-16)15-7-12(17)9-18-13-5-3-4-10(14)6-13/h3-6,11-12,15-17H,2,7-9H2,1H3/p+1/t11-,12-/m1/s1. The number of nitrogens with two attached hydrogens (primary N) is 1. The lowest BCUT2D eigenvalue weighted by molar-refractivity contribution is -0.696. The summed E-state index contributed by atoms with van der Waals surface area (Å²) in [4.78, 5) is 0. The van der Waals surface area contributed by atoms with Gasteiger partial charge in [0.2, 0.25) is 0 Å². The molecule has 0 amide bonds. The zero-order valence-electron chi connectivity index (χ0n) is 10.6. The van der Waals surface area contributed by atoms with Gasteiger partial charge in [0.15, 0.2) is 0 Å². The largest absolute Gasteiger partial charge is 0.491 e. The molecule has 4 nitrogen and oxygen atoms in total. The van der Waals surface area contributed by atoms with E-state index in [1.165, 1.54) is 0 Å². The average molecular weight is 319 g/mol. The molecule has 1 aromatic carbocycles. The normalized spacial score (nSPS) is 14.2. The molecule has 102 valence electrons. The minimum atomic E-state index is -0.537. The van der Waals surface area contributed by atoms with Crippen LogP contribution in [0.3, 0.4) is 0 Å². The summed E-state index contributed by atoms with van der Waals surface area (Å²) in [5, 5.41) is 20.8. The molecule has 0 aliphatic rings. The Balaban J connectivity index is 2.26. The van der Waals surface area contributed by atoms with E-state index in [4.69, 9.17) is 9.84 Å². The molecule has 0 unspecified atom stereocenters. The third-order valence-corrected chi connectivity index (χ3v) is 3.23. The second-order valence-electron chi connectivity index (χ2n) is 4.24. The smallest absolute Gasteiger partial charge is 0.137 e. The van der Waals surface area contributed by atoms with Crippen molar-refractivity contribution in [1.29, 1.82) is 0 Å². The van der Waals surface area contributed by atoms with Crippen molar-refractivity contribution in [2.75, 3.05) is 19.8 Å². The highest BCUT2D eigenvalue weighted by molar-refractivity contribution is 9.10. The summed E-state index contributed by atoms with van der Waals surface area (Å²) in [5.74, 6) is 0.734. The van der Waals surface area contributed by atoms with Crippen LogP contribution in [0.4, 0.5) is 0 Å². The van der Waals surface area contributed by atoms with Gasteiger partial charge >= 0.3 is 0 Å². The number of quaternary nitrogens is 1. The Labute approximate surface area is 116 Å². The van der Waals surface area contributed by atoms with E-state index in [1.54, 1.807) is 0 Å². The Hall–Kier alpha value is -0.620. The predicted molar refractivity (Wildman–Crippen MR) is 73.6 cm³/mol. The van der Waals surface area contributed by atoms with E-state index < -0.39 is 6.10 Å². The number of aliphatic hydroxyl groups is 2. The van der Waals surface area contributed by atoms with E-state index in [2.05, 4.69) is 15.9 Å². The zero-order valence-corrected chi connectivity index (χ0v) is 12.1. The molecule has 1 rings (SSSR count). The van der Waals surface area contributed by atoms with Gasteiger partial charge in [-0.05, 0) is 24.6 Å². The van der Waals surface area contributed by atoms with E-state index in [1.807, 2.05) is 36.5 Å². The lowest BCUT2D eigenvalue weighted by Crippen LogP contribution is -2.92. The van der Waals surface area contributed by atoms with Gasteiger partial charge in [-0.15, -0.1) is 0 Å². The zero-order chi connectivity index (χ0) is 13.4. The minimum Gasteiger partial charge on any atom is -0.491 e. The lowest BCUT2D eigenvalue weighted by Gasteiger charge is -2.15. The molecule has 0 bridgehead atoms. The topological polar surface area (TPSA) is 66.3 Å². The molecular formula is C13H21BrNO3+. The van der Waals surface area contributed by atoms with Crippen molar-refractivity contribution in [1.82, 2.24) is 0 Å². The predicted octanol–water partition coefficient (Wildman–Crippen LogP) is 0.523. The van der Waals surface area contributed by atoms with E-state index in [0.29, 0.717) is 6.54 Å². The van der Waals surface area contributed by atoms with Gasteiger partial charge in [0.1, 0.15) is 31.0 Å². The summed E-state index contributed by atoms with van der Waals surface area (Å²) in [5.41, 5.74) is 0. The maximum absolute atomic E-state index is 9.77.